The first-order valence-corrected chi connectivity index (χ1v) is 8.14. The Hall–Kier alpha value is -0.570. The van der Waals surface area contributed by atoms with Gasteiger partial charge in [0.1, 0.15) is 0 Å². The van der Waals surface area contributed by atoms with Crippen molar-refractivity contribution >= 4 is 5.91 Å². The number of hydrogen-bond acceptors (Lipinski definition) is 2. The highest BCUT2D eigenvalue weighted by Gasteiger charge is 2.41. The molecule has 3 nitrogen and oxygen atoms in total. The summed E-state index contributed by atoms with van der Waals surface area (Å²) in [5, 5.41) is 6.91. The monoisotopic (exact) mass is 264 g/mol. The number of piperidine rings is 1. The molecule has 2 N–H and O–H groups in total. The number of hydrogen-bond donors (Lipinski definition) is 2. The summed E-state index contributed by atoms with van der Waals surface area (Å²) in [6.45, 7) is 4.35. The Morgan fingerprint density at radius 3 is 2.53 bits per heavy atom. The van der Waals surface area contributed by atoms with Gasteiger partial charge in [-0.1, -0.05) is 12.8 Å². The molecule has 1 saturated heterocycles. The van der Waals surface area contributed by atoms with Crippen molar-refractivity contribution in [1.29, 1.82) is 0 Å². The average Bonchev–Trinajstić information content (AvgIpc) is 3.22. The Bertz CT molecular complexity index is 349. The molecule has 1 heterocycles. The van der Waals surface area contributed by atoms with Gasteiger partial charge < -0.3 is 10.6 Å². The van der Waals surface area contributed by atoms with E-state index in [2.05, 4.69) is 24.5 Å². The van der Waals surface area contributed by atoms with Crippen LogP contribution in [0.25, 0.3) is 0 Å². The molecule has 19 heavy (non-hydrogen) atoms. The minimum atomic E-state index is -0.0117. The zero-order valence-corrected chi connectivity index (χ0v) is 12.4. The van der Waals surface area contributed by atoms with Gasteiger partial charge in [-0.15, -0.1) is 0 Å². The highest BCUT2D eigenvalue weighted by Crippen LogP contribution is 2.39. The third-order valence-electron chi connectivity index (χ3n) is 5.51. The van der Waals surface area contributed by atoms with E-state index in [0.29, 0.717) is 12.0 Å². The van der Waals surface area contributed by atoms with Crippen molar-refractivity contribution in [2.24, 2.45) is 11.8 Å². The van der Waals surface area contributed by atoms with Crippen LogP contribution in [0.2, 0.25) is 0 Å². The van der Waals surface area contributed by atoms with E-state index in [9.17, 15) is 4.79 Å². The molecule has 0 spiro atoms. The molecule has 0 aromatic heterocycles. The number of amides is 1. The van der Waals surface area contributed by atoms with Crippen molar-refractivity contribution in [2.75, 3.05) is 0 Å². The van der Waals surface area contributed by atoms with Gasteiger partial charge in [0.2, 0.25) is 5.91 Å². The molecule has 1 amide bonds. The molecule has 3 atom stereocenters. The van der Waals surface area contributed by atoms with Gasteiger partial charge in [-0.3, -0.25) is 4.79 Å². The molecule has 0 radical (unpaired) electrons. The van der Waals surface area contributed by atoms with Crippen molar-refractivity contribution in [3.05, 3.63) is 0 Å². The van der Waals surface area contributed by atoms with E-state index < -0.39 is 0 Å². The lowest BCUT2D eigenvalue weighted by Gasteiger charge is -2.41. The number of nitrogens with one attached hydrogen (secondary N) is 2. The minimum Gasteiger partial charge on any atom is -0.350 e. The van der Waals surface area contributed by atoms with Crippen LogP contribution in [-0.4, -0.2) is 23.5 Å². The second kappa shape index (κ2) is 5.08. The smallest absolute Gasteiger partial charge is 0.237 e. The maximum absolute atomic E-state index is 12.4. The first-order chi connectivity index (χ1) is 9.06. The van der Waals surface area contributed by atoms with Crippen LogP contribution in [0.5, 0.6) is 0 Å². The molecule has 0 aromatic carbocycles. The molecular formula is C16H28N2O. The number of rotatable bonds is 3. The lowest BCUT2D eigenvalue weighted by Crippen LogP contribution is -2.58. The minimum absolute atomic E-state index is 0.0117. The Morgan fingerprint density at radius 2 is 1.79 bits per heavy atom. The van der Waals surface area contributed by atoms with Gasteiger partial charge in [0.05, 0.1) is 6.04 Å². The van der Waals surface area contributed by atoms with E-state index >= 15 is 0 Å². The van der Waals surface area contributed by atoms with Crippen LogP contribution < -0.4 is 10.6 Å². The topological polar surface area (TPSA) is 41.1 Å². The van der Waals surface area contributed by atoms with Crippen molar-refractivity contribution in [2.45, 2.75) is 82.8 Å². The van der Waals surface area contributed by atoms with Gasteiger partial charge in [-0.25, -0.2) is 0 Å². The predicted octanol–water partition coefficient (Wildman–Crippen LogP) is 2.60. The standard InChI is InChI=1S/C16H28N2O/c1-16(2,12-8-9-12)18-15(19)14-10-7-11-5-3-4-6-13(11)17-14/h11-14,17H,3-10H2,1-2H3,(H,18,19). The molecular weight excluding hydrogens is 236 g/mol. The van der Waals surface area contributed by atoms with Crippen molar-refractivity contribution in [3.63, 3.8) is 0 Å². The highest BCUT2D eigenvalue weighted by atomic mass is 16.2. The fraction of sp³-hybridized carbons (Fsp3) is 0.938. The number of carbonyl (C=O) groups excluding carboxylic acids is 1. The summed E-state index contributed by atoms with van der Waals surface area (Å²) >= 11 is 0. The Labute approximate surface area is 116 Å². The summed E-state index contributed by atoms with van der Waals surface area (Å²) in [5.41, 5.74) is -0.0117. The molecule has 0 bridgehead atoms. The maximum Gasteiger partial charge on any atom is 0.237 e. The third kappa shape index (κ3) is 2.96. The number of carbonyl (C=O) groups is 1. The molecule has 108 valence electrons. The van der Waals surface area contributed by atoms with E-state index in [0.717, 1.165) is 12.3 Å². The summed E-state index contributed by atoms with van der Waals surface area (Å²) in [5.74, 6) is 1.76. The Kier molecular flexibility index (Phi) is 3.59. The molecule has 1 aliphatic heterocycles. The van der Waals surface area contributed by atoms with Gasteiger partial charge in [0, 0.05) is 11.6 Å². The molecule has 2 saturated carbocycles. The predicted molar refractivity (Wildman–Crippen MR) is 76.8 cm³/mol. The zero-order valence-electron chi connectivity index (χ0n) is 12.4. The molecule has 3 heteroatoms. The largest absolute Gasteiger partial charge is 0.350 e. The lowest BCUT2D eigenvalue weighted by atomic mass is 9.77. The van der Waals surface area contributed by atoms with Crippen molar-refractivity contribution < 1.29 is 4.79 Å². The van der Waals surface area contributed by atoms with Crippen LogP contribution in [0, 0.1) is 11.8 Å². The van der Waals surface area contributed by atoms with E-state index in [1.54, 1.807) is 0 Å². The summed E-state index contributed by atoms with van der Waals surface area (Å²) in [6.07, 6.45) is 10.1. The Balaban J connectivity index is 1.55. The van der Waals surface area contributed by atoms with Gasteiger partial charge in [0.15, 0.2) is 0 Å². The normalized spacial score (nSPS) is 35.6. The van der Waals surface area contributed by atoms with Gasteiger partial charge in [0.25, 0.3) is 0 Å². The van der Waals surface area contributed by atoms with Crippen LogP contribution in [0.15, 0.2) is 0 Å². The van der Waals surface area contributed by atoms with Crippen LogP contribution >= 0.6 is 0 Å². The molecule has 3 rings (SSSR count). The lowest BCUT2D eigenvalue weighted by molar-refractivity contribution is -0.126. The summed E-state index contributed by atoms with van der Waals surface area (Å²) in [7, 11) is 0. The molecule has 0 aromatic rings. The second-order valence-electron chi connectivity index (χ2n) is 7.43. The van der Waals surface area contributed by atoms with E-state index in [4.69, 9.17) is 0 Å². The molecule has 2 aliphatic carbocycles. The maximum atomic E-state index is 12.4. The van der Waals surface area contributed by atoms with Gasteiger partial charge in [-0.2, -0.15) is 0 Å². The zero-order chi connectivity index (χ0) is 13.5. The van der Waals surface area contributed by atoms with Crippen molar-refractivity contribution in [1.82, 2.24) is 10.6 Å². The quantitative estimate of drug-likeness (QED) is 0.822. The average molecular weight is 264 g/mol. The van der Waals surface area contributed by atoms with Gasteiger partial charge >= 0.3 is 0 Å². The summed E-state index contributed by atoms with van der Waals surface area (Å²) in [6, 6.07) is 0.652. The highest BCUT2D eigenvalue weighted by molar-refractivity contribution is 5.82. The fourth-order valence-electron chi connectivity index (χ4n) is 4.01. The van der Waals surface area contributed by atoms with E-state index in [1.165, 1.54) is 44.9 Å². The fourth-order valence-corrected chi connectivity index (χ4v) is 4.01. The molecule has 3 fully saturated rings. The third-order valence-corrected chi connectivity index (χ3v) is 5.51. The SMILES string of the molecule is CC(C)(NC(=O)C1CCC2CCCCC2N1)C1CC1. The van der Waals surface area contributed by atoms with Crippen LogP contribution in [-0.2, 0) is 4.79 Å². The first-order valence-electron chi connectivity index (χ1n) is 8.14. The van der Waals surface area contributed by atoms with Crippen LogP contribution in [0.3, 0.4) is 0 Å². The first kappa shape index (κ1) is 13.4. The second-order valence-corrected chi connectivity index (χ2v) is 7.43. The van der Waals surface area contributed by atoms with E-state index in [-0.39, 0.29) is 17.5 Å². The summed E-state index contributed by atoms with van der Waals surface area (Å²) < 4.78 is 0. The number of fused-ring (bicyclic) bond motifs is 1. The van der Waals surface area contributed by atoms with Crippen molar-refractivity contribution in [3.8, 4) is 0 Å². The molecule has 3 unspecified atom stereocenters. The molecule has 3 aliphatic rings. The summed E-state index contributed by atoms with van der Waals surface area (Å²) in [4.78, 5) is 12.4. The van der Waals surface area contributed by atoms with Crippen LogP contribution in [0.4, 0.5) is 0 Å². The van der Waals surface area contributed by atoms with Gasteiger partial charge in [-0.05, 0) is 64.2 Å². The van der Waals surface area contributed by atoms with Crippen LogP contribution in [0.1, 0.15) is 65.2 Å². The van der Waals surface area contributed by atoms with E-state index in [1.807, 2.05) is 0 Å². The Morgan fingerprint density at radius 1 is 1.05 bits per heavy atom.